The number of aromatic nitrogens is 2. The summed E-state index contributed by atoms with van der Waals surface area (Å²) in [4.78, 5) is 23.3. The topological polar surface area (TPSA) is 61.2 Å². The second kappa shape index (κ2) is 5.27. The molecule has 0 aliphatic heterocycles. The number of benzene rings is 1. The van der Waals surface area contributed by atoms with Gasteiger partial charge in [-0.1, -0.05) is 30.3 Å². The van der Waals surface area contributed by atoms with Crippen molar-refractivity contribution in [3.8, 4) is 0 Å². The first-order chi connectivity index (χ1) is 8.68. The van der Waals surface area contributed by atoms with Crippen molar-refractivity contribution in [3.05, 3.63) is 53.9 Å². The minimum absolute atomic E-state index is 0.230. The van der Waals surface area contributed by atoms with Crippen molar-refractivity contribution in [1.82, 2.24) is 9.78 Å². The van der Waals surface area contributed by atoms with Crippen molar-refractivity contribution >= 4 is 11.8 Å². The predicted octanol–water partition coefficient (Wildman–Crippen LogP) is 1.46. The maximum Gasteiger partial charge on any atom is 0.357 e. The fourth-order valence-electron chi connectivity index (χ4n) is 1.49. The van der Waals surface area contributed by atoms with Crippen LogP contribution in [0.15, 0.2) is 42.6 Å². The Balaban J connectivity index is 1.95. The van der Waals surface area contributed by atoms with Crippen LogP contribution in [0.25, 0.3) is 0 Å². The monoisotopic (exact) mass is 244 g/mol. The molecule has 0 aliphatic rings. The van der Waals surface area contributed by atoms with E-state index in [9.17, 15) is 9.59 Å². The van der Waals surface area contributed by atoms with E-state index in [-0.39, 0.29) is 12.4 Å². The van der Waals surface area contributed by atoms with Crippen molar-refractivity contribution < 1.29 is 14.3 Å². The lowest BCUT2D eigenvalue weighted by Crippen LogP contribution is -2.16. The minimum atomic E-state index is -0.556. The second-order valence-corrected chi connectivity index (χ2v) is 3.71. The van der Waals surface area contributed by atoms with Gasteiger partial charge in [0.15, 0.2) is 12.4 Å². The molecule has 18 heavy (non-hydrogen) atoms. The van der Waals surface area contributed by atoms with Gasteiger partial charge < -0.3 is 4.74 Å². The highest BCUT2D eigenvalue weighted by Crippen LogP contribution is 2.03. The molecule has 0 bridgehead atoms. The molecule has 0 N–H and O–H groups in total. The fraction of sp³-hybridized carbons (Fsp3) is 0.154. The van der Waals surface area contributed by atoms with Gasteiger partial charge in [0.25, 0.3) is 0 Å². The number of Topliss-reactive ketones (excluding diaryl/α,β-unsaturated/α-hetero) is 1. The molecule has 5 nitrogen and oxygen atoms in total. The molecule has 0 aliphatic carbocycles. The van der Waals surface area contributed by atoms with E-state index in [0.717, 1.165) is 0 Å². The molecule has 0 atom stereocenters. The van der Waals surface area contributed by atoms with E-state index in [1.807, 2.05) is 6.07 Å². The average Bonchev–Trinajstić information content (AvgIpc) is 2.83. The highest BCUT2D eigenvalue weighted by atomic mass is 16.5. The van der Waals surface area contributed by atoms with E-state index >= 15 is 0 Å². The summed E-state index contributed by atoms with van der Waals surface area (Å²) >= 11 is 0. The van der Waals surface area contributed by atoms with Crippen LogP contribution >= 0.6 is 0 Å². The molecule has 1 heterocycles. The predicted molar refractivity (Wildman–Crippen MR) is 64.3 cm³/mol. The van der Waals surface area contributed by atoms with Crippen LogP contribution in [-0.4, -0.2) is 28.1 Å². The van der Waals surface area contributed by atoms with Gasteiger partial charge in [0.1, 0.15) is 5.69 Å². The Bertz CT molecular complexity index is 561. The third kappa shape index (κ3) is 2.63. The standard InChI is InChI=1S/C13H12N2O3/c1-15-11(7-8-14-15)13(17)18-9-12(16)10-5-3-2-4-6-10/h2-8H,9H2,1H3. The Morgan fingerprint density at radius 2 is 1.94 bits per heavy atom. The first-order valence-electron chi connectivity index (χ1n) is 5.42. The first kappa shape index (κ1) is 12.0. The minimum Gasteiger partial charge on any atom is -0.453 e. The lowest BCUT2D eigenvalue weighted by molar-refractivity contribution is 0.0464. The molecule has 2 rings (SSSR count). The van der Waals surface area contributed by atoms with Gasteiger partial charge in [-0.25, -0.2) is 4.79 Å². The number of rotatable bonds is 4. The average molecular weight is 244 g/mol. The summed E-state index contributed by atoms with van der Waals surface area (Å²) in [6.07, 6.45) is 1.50. The molecule has 92 valence electrons. The van der Waals surface area contributed by atoms with Crippen LogP contribution in [0.2, 0.25) is 0 Å². The molecule has 2 aromatic rings. The van der Waals surface area contributed by atoms with Gasteiger partial charge >= 0.3 is 5.97 Å². The summed E-state index contributed by atoms with van der Waals surface area (Å²) in [5.74, 6) is -0.787. The molecular formula is C13H12N2O3. The number of carbonyl (C=O) groups is 2. The van der Waals surface area contributed by atoms with Gasteiger partial charge in [-0.15, -0.1) is 0 Å². The van der Waals surface area contributed by atoms with E-state index in [4.69, 9.17) is 4.74 Å². The van der Waals surface area contributed by atoms with Crippen molar-refractivity contribution in [2.24, 2.45) is 7.05 Å². The van der Waals surface area contributed by atoms with Gasteiger partial charge in [-0.2, -0.15) is 5.10 Å². The summed E-state index contributed by atoms with van der Waals surface area (Å²) < 4.78 is 6.33. The first-order valence-corrected chi connectivity index (χ1v) is 5.42. The number of hydrogen-bond acceptors (Lipinski definition) is 4. The van der Waals surface area contributed by atoms with Crippen molar-refractivity contribution in [3.63, 3.8) is 0 Å². The molecule has 0 saturated carbocycles. The SMILES string of the molecule is Cn1nccc1C(=O)OCC(=O)c1ccccc1. The number of hydrogen-bond donors (Lipinski definition) is 0. The Morgan fingerprint density at radius 3 is 2.56 bits per heavy atom. The zero-order valence-corrected chi connectivity index (χ0v) is 9.87. The number of nitrogens with zero attached hydrogens (tertiary/aromatic N) is 2. The van der Waals surface area contributed by atoms with Crippen LogP contribution < -0.4 is 0 Å². The summed E-state index contributed by atoms with van der Waals surface area (Å²) in [6, 6.07) is 10.2. The molecule has 0 radical (unpaired) electrons. The number of carbonyl (C=O) groups excluding carboxylic acids is 2. The van der Waals surface area contributed by atoms with E-state index in [1.54, 1.807) is 31.3 Å². The molecule has 0 spiro atoms. The molecular weight excluding hydrogens is 232 g/mol. The van der Waals surface area contributed by atoms with Crippen LogP contribution in [0.1, 0.15) is 20.8 Å². The van der Waals surface area contributed by atoms with Gasteiger partial charge in [-0.05, 0) is 6.07 Å². The molecule has 0 amide bonds. The maximum atomic E-state index is 11.7. The molecule has 0 unspecified atom stereocenters. The largest absolute Gasteiger partial charge is 0.453 e. The normalized spacial score (nSPS) is 10.1. The van der Waals surface area contributed by atoms with Gasteiger partial charge in [-0.3, -0.25) is 9.48 Å². The quantitative estimate of drug-likeness (QED) is 0.603. The smallest absolute Gasteiger partial charge is 0.357 e. The molecule has 0 saturated heterocycles. The summed E-state index contributed by atoms with van der Waals surface area (Å²) in [6.45, 7) is -0.270. The van der Waals surface area contributed by atoms with E-state index < -0.39 is 5.97 Å². The summed E-state index contributed by atoms with van der Waals surface area (Å²) in [5, 5.41) is 3.85. The molecule has 5 heteroatoms. The zero-order valence-electron chi connectivity index (χ0n) is 9.87. The highest BCUT2D eigenvalue weighted by molar-refractivity contribution is 5.98. The van der Waals surface area contributed by atoms with Crippen molar-refractivity contribution in [2.45, 2.75) is 0 Å². The molecule has 1 aromatic heterocycles. The lowest BCUT2D eigenvalue weighted by Gasteiger charge is -2.04. The van der Waals surface area contributed by atoms with Crippen LogP contribution in [0, 0.1) is 0 Å². The second-order valence-electron chi connectivity index (χ2n) is 3.71. The lowest BCUT2D eigenvalue weighted by atomic mass is 10.1. The third-order valence-corrected chi connectivity index (χ3v) is 2.46. The van der Waals surface area contributed by atoms with Crippen LogP contribution in [0.5, 0.6) is 0 Å². The zero-order chi connectivity index (χ0) is 13.0. The van der Waals surface area contributed by atoms with Crippen molar-refractivity contribution in [2.75, 3.05) is 6.61 Å². The number of esters is 1. The summed E-state index contributed by atoms with van der Waals surface area (Å²) in [5.41, 5.74) is 0.839. The molecule has 0 fully saturated rings. The van der Waals surface area contributed by atoms with Gasteiger partial charge in [0.2, 0.25) is 0 Å². The van der Waals surface area contributed by atoms with E-state index in [2.05, 4.69) is 5.10 Å². The van der Waals surface area contributed by atoms with E-state index in [0.29, 0.717) is 11.3 Å². The van der Waals surface area contributed by atoms with Gasteiger partial charge in [0.05, 0.1) is 0 Å². The van der Waals surface area contributed by atoms with Crippen LogP contribution in [0.4, 0.5) is 0 Å². The number of ketones is 1. The van der Waals surface area contributed by atoms with Crippen LogP contribution in [-0.2, 0) is 11.8 Å². The maximum absolute atomic E-state index is 11.7. The van der Waals surface area contributed by atoms with Crippen LogP contribution in [0.3, 0.4) is 0 Å². The number of ether oxygens (including phenoxy) is 1. The Labute approximate surface area is 104 Å². The summed E-state index contributed by atoms with van der Waals surface area (Å²) in [7, 11) is 1.63. The Hall–Kier alpha value is -2.43. The fourth-order valence-corrected chi connectivity index (χ4v) is 1.49. The number of aryl methyl sites for hydroxylation is 1. The Kier molecular flexibility index (Phi) is 3.52. The van der Waals surface area contributed by atoms with Gasteiger partial charge in [0, 0.05) is 18.8 Å². The van der Waals surface area contributed by atoms with E-state index in [1.165, 1.54) is 16.9 Å². The van der Waals surface area contributed by atoms with Crippen molar-refractivity contribution in [1.29, 1.82) is 0 Å². The highest BCUT2D eigenvalue weighted by Gasteiger charge is 2.14. The third-order valence-electron chi connectivity index (χ3n) is 2.46. The molecule has 1 aromatic carbocycles. The Morgan fingerprint density at radius 1 is 1.22 bits per heavy atom.